The van der Waals surface area contributed by atoms with Crippen molar-refractivity contribution in [3.05, 3.63) is 71.3 Å². The van der Waals surface area contributed by atoms with Crippen molar-refractivity contribution >= 4 is 11.9 Å². The lowest BCUT2D eigenvalue weighted by molar-refractivity contribution is -0.141. The average molecular weight is 297 g/mol. The van der Waals surface area contributed by atoms with Crippen LogP contribution < -0.4 is 5.32 Å². The molecule has 0 aromatic heterocycles. The molecule has 4 nitrogen and oxygen atoms in total. The Morgan fingerprint density at radius 2 is 1.68 bits per heavy atom. The number of carbonyl (C=O) groups excluding carboxylic acids is 1. The number of aliphatic carboxylic acids is 1. The zero-order valence-electron chi connectivity index (χ0n) is 12.5. The quantitative estimate of drug-likeness (QED) is 0.861. The van der Waals surface area contributed by atoms with E-state index in [9.17, 15) is 14.7 Å². The number of nitrogens with one attached hydrogen (secondary N) is 1. The van der Waals surface area contributed by atoms with Gasteiger partial charge in [-0.05, 0) is 30.5 Å². The lowest BCUT2D eigenvalue weighted by atomic mass is 9.99. The third kappa shape index (κ3) is 4.19. The van der Waals surface area contributed by atoms with Crippen LogP contribution in [-0.2, 0) is 11.2 Å². The van der Waals surface area contributed by atoms with Gasteiger partial charge in [0.05, 0.1) is 5.92 Å². The number of carbonyl (C=O) groups is 2. The van der Waals surface area contributed by atoms with E-state index in [-0.39, 0.29) is 12.5 Å². The Balaban J connectivity index is 1.99. The Hall–Kier alpha value is -2.62. The zero-order valence-corrected chi connectivity index (χ0v) is 12.5. The summed E-state index contributed by atoms with van der Waals surface area (Å²) in [5.41, 5.74) is 2.39. The molecule has 0 bridgehead atoms. The maximum absolute atomic E-state index is 12.1. The van der Waals surface area contributed by atoms with E-state index in [0.717, 1.165) is 11.1 Å². The summed E-state index contributed by atoms with van der Waals surface area (Å²) in [6, 6.07) is 16.7. The Kier molecular flexibility index (Phi) is 5.31. The number of amides is 1. The van der Waals surface area contributed by atoms with E-state index >= 15 is 0 Å². The first-order valence-electron chi connectivity index (χ1n) is 7.18. The summed E-state index contributed by atoms with van der Waals surface area (Å²) >= 11 is 0. The maximum Gasteiger partial charge on any atom is 0.308 e. The molecular weight excluding hydrogens is 278 g/mol. The third-order valence-corrected chi connectivity index (χ3v) is 3.57. The van der Waals surface area contributed by atoms with Crippen molar-refractivity contribution in [1.29, 1.82) is 0 Å². The summed E-state index contributed by atoms with van der Waals surface area (Å²) in [7, 11) is 0. The average Bonchev–Trinajstić information content (AvgIpc) is 2.52. The molecule has 0 spiro atoms. The van der Waals surface area contributed by atoms with Gasteiger partial charge in [-0.1, -0.05) is 48.5 Å². The van der Waals surface area contributed by atoms with Crippen LogP contribution >= 0.6 is 0 Å². The van der Waals surface area contributed by atoms with E-state index in [1.807, 2.05) is 49.4 Å². The number of rotatable bonds is 6. The van der Waals surface area contributed by atoms with E-state index in [2.05, 4.69) is 5.32 Å². The predicted molar refractivity (Wildman–Crippen MR) is 84.8 cm³/mol. The van der Waals surface area contributed by atoms with Crippen molar-refractivity contribution in [2.75, 3.05) is 6.54 Å². The van der Waals surface area contributed by atoms with Gasteiger partial charge in [0.2, 0.25) is 0 Å². The fraction of sp³-hybridized carbons (Fsp3) is 0.222. The van der Waals surface area contributed by atoms with Crippen LogP contribution in [0.2, 0.25) is 0 Å². The van der Waals surface area contributed by atoms with E-state index < -0.39 is 11.9 Å². The first-order chi connectivity index (χ1) is 10.6. The van der Waals surface area contributed by atoms with E-state index in [4.69, 9.17) is 0 Å². The Morgan fingerprint density at radius 3 is 2.32 bits per heavy atom. The lowest BCUT2D eigenvalue weighted by Crippen LogP contribution is -2.34. The van der Waals surface area contributed by atoms with Crippen molar-refractivity contribution in [3.63, 3.8) is 0 Å². The number of benzene rings is 2. The van der Waals surface area contributed by atoms with Gasteiger partial charge in [-0.15, -0.1) is 0 Å². The molecule has 0 radical (unpaired) electrons. The molecule has 2 rings (SSSR count). The number of hydrogen-bond donors (Lipinski definition) is 2. The second kappa shape index (κ2) is 7.41. The molecule has 2 aromatic carbocycles. The van der Waals surface area contributed by atoms with Crippen LogP contribution in [0.15, 0.2) is 54.6 Å². The molecule has 4 heteroatoms. The minimum atomic E-state index is -0.908. The van der Waals surface area contributed by atoms with E-state index in [0.29, 0.717) is 12.0 Å². The summed E-state index contributed by atoms with van der Waals surface area (Å²) < 4.78 is 0. The topological polar surface area (TPSA) is 66.4 Å². The van der Waals surface area contributed by atoms with Gasteiger partial charge in [-0.2, -0.15) is 0 Å². The normalized spacial score (nSPS) is 11.7. The van der Waals surface area contributed by atoms with Crippen LogP contribution in [0.5, 0.6) is 0 Å². The molecule has 2 aromatic rings. The highest BCUT2D eigenvalue weighted by Crippen LogP contribution is 2.10. The molecule has 1 unspecified atom stereocenters. The molecule has 0 saturated carbocycles. The fourth-order valence-corrected chi connectivity index (χ4v) is 2.28. The first kappa shape index (κ1) is 15.8. The van der Waals surface area contributed by atoms with Gasteiger partial charge in [0.1, 0.15) is 0 Å². The van der Waals surface area contributed by atoms with Gasteiger partial charge in [-0.3, -0.25) is 9.59 Å². The molecular formula is C18H19NO3. The Morgan fingerprint density at radius 1 is 1.05 bits per heavy atom. The monoisotopic (exact) mass is 297 g/mol. The Labute approximate surface area is 129 Å². The molecule has 0 aliphatic rings. The van der Waals surface area contributed by atoms with Crippen molar-refractivity contribution in [3.8, 4) is 0 Å². The largest absolute Gasteiger partial charge is 0.481 e. The molecule has 22 heavy (non-hydrogen) atoms. The van der Waals surface area contributed by atoms with Gasteiger partial charge in [0.25, 0.3) is 5.91 Å². The third-order valence-electron chi connectivity index (χ3n) is 3.57. The minimum absolute atomic E-state index is 0.109. The first-order valence-corrected chi connectivity index (χ1v) is 7.18. The van der Waals surface area contributed by atoms with Crippen molar-refractivity contribution in [2.45, 2.75) is 13.3 Å². The second-order valence-corrected chi connectivity index (χ2v) is 5.25. The maximum atomic E-state index is 12.1. The van der Waals surface area contributed by atoms with Gasteiger partial charge >= 0.3 is 5.97 Å². The summed E-state index contributed by atoms with van der Waals surface area (Å²) in [5.74, 6) is -1.79. The van der Waals surface area contributed by atoms with Crippen LogP contribution in [0.4, 0.5) is 0 Å². The highest BCUT2D eigenvalue weighted by Gasteiger charge is 2.19. The molecule has 0 fully saturated rings. The van der Waals surface area contributed by atoms with E-state index in [1.54, 1.807) is 12.1 Å². The van der Waals surface area contributed by atoms with Crippen LogP contribution in [0, 0.1) is 12.8 Å². The minimum Gasteiger partial charge on any atom is -0.481 e. The summed E-state index contributed by atoms with van der Waals surface area (Å²) in [4.78, 5) is 23.5. The predicted octanol–water partition coefficient (Wildman–Crippen LogP) is 2.67. The van der Waals surface area contributed by atoms with Crippen LogP contribution in [0.3, 0.4) is 0 Å². The van der Waals surface area contributed by atoms with Gasteiger partial charge in [0.15, 0.2) is 0 Å². The smallest absolute Gasteiger partial charge is 0.308 e. The molecule has 1 atom stereocenters. The van der Waals surface area contributed by atoms with E-state index in [1.165, 1.54) is 0 Å². The molecule has 0 aliphatic carbocycles. The number of carboxylic acids is 1. The molecule has 2 N–H and O–H groups in total. The van der Waals surface area contributed by atoms with Crippen molar-refractivity contribution in [1.82, 2.24) is 5.32 Å². The number of carboxylic acid groups (broad SMARTS) is 1. The SMILES string of the molecule is Cc1ccccc1C(=O)NCC(Cc1ccccc1)C(=O)O. The molecule has 0 heterocycles. The standard InChI is InChI=1S/C18H19NO3/c1-13-7-5-6-10-16(13)17(20)19-12-15(18(21)22)11-14-8-3-2-4-9-14/h2-10,15H,11-12H2,1H3,(H,19,20)(H,21,22). The molecule has 0 aliphatic heterocycles. The summed E-state index contributed by atoms with van der Waals surface area (Å²) in [6.07, 6.45) is 0.393. The second-order valence-electron chi connectivity index (χ2n) is 5.25. The van der Waals surface area contributed by atoms with Crippen LogP contribution in [0.25, 0.3) is 0 Å². The fourth-order valence-electron chi connectivity index (χ4n) is 2.28. The van der Waals surface area contributed by atoms with Crippen LogP contribution in [-0.4, -0.2) is 23.5 Å². The van der Waals surface area contributed by atoms with Gasteiger partial charge < -0.3 is 10.4 Å². The summed E-state index contributed by atoms with van der Waals surface area (Å²) in [5, 5.41) is 12.0. The lowest BCUT2D eigenvalue weighted by Gasteiger charge is -2.14. The highest BCUT2D eigenvalue weighted by molar-refractivity contribution is 5.95. The van der Waals surface area contributed by atoms with Crippen molar-refractivity contribution in [2.24, 2.45) is 5.92 Å². The molecule has 1 amide bonds. The van der Waals surface area contributed by atoms with Crippen LogP contribution in [0.1, 0.15) is 21.5 Å². The van der Waals surface area contributed by atoms with Crippen molar-refractivity contribution < 1.29 is 14.7 Å². The van der Waals surface area contributed by atoms with Gasteiger partial charge in [0, 0.05) is 12.1 Å². The molecule has 114 valence electrons. The molecule has 0 saturated heterocycles. The Bertz CT molecular complexity index is 652. The van der Waals surface area contributed by atoms with Gasteiger partial charge in [-0.25, -0.2) is 0 Å². The number of hydrogen-bond acceptors (Lipinski definition) is 2. The summed E-state index contributed by atoms with van der Waals surface area (Å²) in [6.45, 7) is 1.96. The zero-order chi connectivity index (χ0) is 15.9. The highest BCUT2D eigenvalue weighted by atomic mass is 16.4. The number of aryl methyl sites for hydroxylation is 1.